The summed E-state index contributed by atoms with van der Waals surface area (Å²) in [6, 6.07) is 8.12. The Morgan fingerprint density at radius 2 is 2.42 bits per heavy atom. The molecule has 0 spiro atoms. The molecule has 1 amide bonds. The fourth-order valence-electron chi connectivity index (χ4n) is 1.59. The first-order chi connectivity index (χ1) is 9.20. The van der Waals surface area contributed by atoms with Gasteiger partial charge in [0.2, 0.25) is 5.91 Å². The minimum atomic E-state index is -0.142. The highest BCUT2D eigenvalue weighted by atomic mass is 32.2. The molecule has 1 aromatic carbocycles. The van der Waals surface area contributed by atoms with E-state index in [1.807, 2.05) is 25.1 Å². The van der Waals surface area contributed by atoms with Crippen LogP contribution in [0.15, 0.2) is 41.9 Å². The Morgan fingerprint density at radius 1 is 1.63 bits per heavy atom. The van der Waals surface area contributed by atoms with E-state index in [4.69, 9.17) is 0 Å². The molecule has 2 rings (SSSR count). The minimum Gasteiger partial charge on any atom is -0.352 e. The van der Waals surface area contributed by atoms with Gasteiger partial charge in [0.15, 0.2) is 0 Å². The highest BCUT2D eigenvalue weighted by Crippen LogP contribution is 2.35. The van der Waals surface area contributed by atoms with Crippen molar-refractivity contribution in [1.29, 1.82) is 0 Å². The normalized spacial score (nSPS) is 15.1. The van der Waals surface area contributed by atoms with Crippen molar-refractivity contribution >= 4 is 39.5 Å². The molecule has 100 valence electrons. The summed E-state index contributed by atoms with van der Waals surface area (Å²) in [5, 5.41) is 2.66. The zero-order chi connectivity index (χ0) is 13.7. The number of nitrogens with one attached hydrogen (secondary N) is 1. The lowest BCUT2D eigenvalue weighted by Gasteiger charge is -2.17. The van der Waals surface area contributed by atoms with Gasteiger partial charge in [-0.2, -0.15) is 0 Å². The number of hydrogen-bond acceptors (Lipinski definition) is 4. The average Bonchev–Trinajstić information content (AvgIpc) is 2.44. The van der Waals surface area contributed by atoms with Gasteiger partial charge in [0.1, 0.15) is 4.38 Å². The van der Waals surface area contributed by atoms with Crippen LogP contribution in [0.2, 0.25) is 0 Å². The molecule has 1 aliphatic rings. The molecule has 1 aliphatic heterocycles. The van der Waals surface area contributed by atoms with Gasteiger partial charge in [-0.1, -0.05) is 47.8 Å². The van der Waals surface area contributed by atoms with Crippen molar-refractivity contribution in [3.8, 4) is 0 Å². The summed E-state index contributed by atoms with van der Waals surface area (Å²) in [5.74, 6) is 0.940. The second-order valence-electron chi connectivity index (χ2n) is 4.09. The molecule has 5 heteroatoms. The zero-order valence-corrected chi connectivity index (χ0v) is 12.4. The summed E-state index contributed by atoms with van der Waals surface area (Å²) >= 11 is 3.20. The van der Waals surface area contributed by atoms with Gasteiger partial charge in [-0.05, 0) is 18.6 Å². The van der Waals surface area contributed by atoms with Crippen LogP contribution in [0.1, 0.15) is 12.5 Å². The van der Waals surface area contributed by atoms with Gasteiger partial charge < -0.3 is 5.32 Å². The maximum absolute atomic E-state index is 11.8. The van der Waals surface area contributed by atoms with Gasteiger partial charge in [-0.3, -0.25) is 4.79 Å². The van der Waals surface area contributed by atoms with Gasteiger partial charge in [-0.25, -0.2) is 4.99 Å². The summed E-state index contributed by atoms with van der Waals surface area (Å²) in [5.41, 5.74) is 2.27. The van der Waals surface area contributed by atoms with Crippen molar-refractivity contribution in [2.75, 3.05) is 6.54 Å². The summed E-state index contributed by atoms with van der Waals surface area (Å²) in [6.07, 6.45) is 1.68. The van der Waals surface area contributed by atoms with Crippen LogP contribution in [0, 0.1) is 0 Å². The number of rotatable bonds is 4. The Bertz CT molecular complexity index is 514. The molecule has 1 heterocycles. The molecule has 0 aliphatic carbocycles. The van der Waals surface area contributed by atoms with Crippen molar-refractivity contribution in [2.24, 2.45) is 4.99 Å². The van der Waals surface area contributed by atoms with E-state index in [2.05, 4.69) is 23.0 Å². The van der Waals surface area contributed by atoms with Gasteiger partial charge in [-0.15, -0.1) is 6.58 Å². The summed E-state index contributed by atoms with van der Waals surface area (Å²) < 4.78 is 0.958. The largest absolute Gasteiger partial charge is 0.352 e. The molecular weight excluding hydrogens is 276 g/mol. The van der Waals surface area contributed by atoms with Gasteiger partial charge >= 0.3 is 0 Å². The van der Waals surface area contributed by atoms with Crippen LogP contribution in [0.4, 0.5) is 5.69 Å². The number of fused-ring (bicyclic) bond motifs is 1. The number of amides is 1. The van der Waals surface area contributed by atoms with Gasteiger partial charge in [0.25, 0.3) is 0 Å². The number of hydrogen-bond donors (Lipinski definition) is 1. The van der Waals surface area contributed by atoms with Gasteiger partial charge in [0.05, 0.1) is 10.9 Å². The average molecular weight is 292 g/mol. The Balaban J connectivity index is 1.99. The zero-order valence-electron chi connectivity index (χ0n) is 10.8. The quantitative estimate of drug-likeness (QED) is 0.865. The standard InChI is InChI=1S/C14H16N2OS2/c1-3-8-15-13(17)10(2)19-14-16-12-7-5-4-6-11(12)9-18-14/h3-7,10H,1,8-9H2,2H3,(H,15,17)/t10-/m0/s1. The molecule has 0 unspecified atom stereocenters. The fourth-order valence-corrected chi connectivity index (χ4v) is 3.81. The molecule has 0 radical (unpaired) electrons. The van der Waals surface area contributed by atoms with Crippen LogP contribution in [0.5, 0.6) is 0 Å². The monoisotopic (exact) mass is 292 g/mol. The maximum atomic E-state index is 11.8. The first kappa shape index (κ1) is 14.2. The van der Waals surface area contributed by atoms with E-state index in [1.54, 1.807) is 17.8 Å². The lowest BCUT2D eigenvalue weighted by Crippen LogP contribution is -2.31. The molecular formula is C14H16N2OS2. The molecule has 0 aromatic heterocycles. The molecule has 0 fully saturated rings. The second-order valence-corrected chi connectivity index (χ2v) is 6.64. The smallest absolute Gasteiger partial charge is 0.233 e. The first-order valence-electron chi connectivity index (χ1n) is 6.05. The SMILES string of the molecule is C=CCNC(=O)[C@H](C)SC1=Nc2ccccc2CS1. The Morgan fingerprint density at radius 3 is 3.21 bits per heavy atom. The lowest BCUT2D eigenvalue weighted by atomic mass is 10.2. The van der Waals surface area contributed by atoms with Crippen LogP contribution < -0.4 is 5.32 Å². The maximum Gasteiger partial charge on any atom is 0.233 e. The molecule has 1 aromatic rings. The van der Waals surface area contributed by atoms with Crippen molar-refractivity contribution in [1.82, 2.24) is 5.32 Å². The van der Waals surface area contributed by atoms with Crippen molar-refractivity contribution in [3.63, 3.8) is 0 Å². The molecule has 0 saturated carbocycles. The highest BCUT2D eigenvalue weighted by Gasteiger charge is 2.19. The predicted molar refractivity (Wildman–Crippen MR) is 85.1 cm³/mol. The van der Waals surface area contributed by atoms with Crippen molar-refractivity contribution in [2.45, 2.75) is 17.9 Å². The van der Waals surface area contributed by atoms with E-state index < -0.39 is 0 Å². The molecule has 0 bridgehead atoms. The molecule has 19 heavy (non-hydrogen) atoms. The molecule has 1 N–H and O–H groups in total. The molecule has 1 atom stereocenters. The molecule has 3 nitrogen and oxygen atoms in total. The van der Waals surface area contributed by atoms with Crippen LogP contribution >= 0.6 is 23.5 Å². The highest BCUT2D eigenvalue weighted by molar-refractivity contribution is 8.39. The van der Waals surface area contributed by atoms with E-state index >= 15 is 0 Å². The number of carbonyl (C=O) groups excluding carboxylic acids is 1. The number of nitrogens with zero attached hydrogens (tertiary/aromatic N) is 1. The molecule has 0 saturated heterocycles. The third-order valence-corrected chi connectivity index (χ3v) is 4.92. The van der Waals surface area contributed by atoms with E-state index in [9.17, 15) is 4.79 Å². The Labute approximate surface area is 122 Å². The number of para-hydroxylation sites is 1. The summed E-state index contributed by atoms with van der Waals surface area (Å²) in [7, 11) is 0. The van der Waals surface area contributed by atoms with Crippen LogP contribution in [-0.2, 0) is 10.5 Å². The number of benzene rings is 1. The third-order valence-electron chi connectivity index (χ3n) is 2.62. The number of carbonyl (C=O) groups is 1. The van der Waals surface area contributed by atoms with Crippen LogP contribution in [0.3, 0.4) is 0 Å². The van der Waals surface area contributed by atoms with Crippen LogP contribution in [-0.4, -0.2) is 22.1 Å². The van der Waals surface area contributed by atoms with E-state index in [0.29, 0.717) is 6.54 Å². The lowest BCUT2D eigenvalue weighted by molar-refractivity contribution is -0.120. The van der Waals surface area contributed by atoms with E-state index in [1.165, 1.54) is 17.3 Å². The topological polar surface area (TPSA) is 41.5 Å². The van der Waals surface area contributed by atoms with Gasteiger partial charge in [0, 0.05) is 12.3 Å². The summed E-state index contributed by atoms with van der Waals surface area (Å²) in [4.78, 5) is 16.4. The minimum absolute atomic E-state index is 0.0204. The first-order valence-corrected chi connectivity index (χ1v) is 7.92. The summed E-state index contributed by atoms with van der Waals surface area (Å²) in [6.45, 7) is 5.98. The van der Waals surface area contributed by atoms with E-state index in [-0.39, 0.29) is 11.2 Å². The van der Waals surface area contributed by atoms with E-state index in [0.717, 1.165) is 15.8 Å². The number of aliphatic imine (C=N–C) groups is 1. The second kappa shape index (κ2) is 6.82. The van der Waals surface area contributed by atoms with Crippen LogP contribution in [0.25, 0.3) is 0 Å². The number of thioether (sulfide) groups is 2. The third kappa shape index (κ3) is 3.88. The Hall–Kier alpha value is -1.20. The fraction of sp³-hybridized carbons (Fsp3) is 0.286. The predicted octanol–water partition coefficient (Wildman–Crippen LogP) is 3.34. The van der Waals surface area contributed by atoms with Crippen molar-refractivity contribution < 1.29 is 4.79 Å². The Kier molecular flexibility index (Phi) is 5.10. The van der Waals surface area contributed by atoms with Crippen molar-refractivity contribution in [3.05, 3.63) is 42.5 Å².